The lowest BCUT2D eigenvalue weighted by atomic mass is 9.79. The van der Waals surface area contributed by atoms with E-state index in [1.54, 1.807) is 7.05 Å². The molecular weight excluding hydrogens is 231 g/mol. The number of nitrogens with zero attached hydrogens (tertiary/aromatic N) is 2. The van der Waals surface area contributed by atoms with Gasteiger partial charge in [0.1, 0.15) is 0 Å². The Hall–Kier alpha value is -1.39. The number of nitrogens with one attached hydrogen (secondary N) is 2. The Kier molecular flexibility index (Phi) is 3.99. The highest BCUT2D eigenvalue weighted by Gasteiger charge is 2.25. The van der Waals surface area contributed by atoms with E-state index >= 15 is 0 Å². The van der Waals surface area contributed by atoms with Crippen LogP contribution in [0.1, 0.15) is 33.1 Å². The monoisotopic (exact) mass is 252 g/mol. The molecule has 2 rings (SSSR count). The topological polar surface area (TPSA) is 49.8 Å². The van der Waals surface area contributed by atoms with Crippen molar-refractivity contribution in [2.75, 3.05) is 17.7 Å². The Labute approximate surface area is 107 Å². The lowest BCUT2D eigenvalue weighted by Crippen LogP contribution is -2.31. The van der Waals surface area contributed by atoms with Gasteiger partial charge in [-0.25, -0.2) is 9.37 Å². The van der Waals surface area contributed by atoms with Crippen LogP contribution in [0.15, 0.2) is 6.20 Å². The first-order chi connectivity index (χ1) is 8.60. The molecule has 1 heterocycles. The van der Waals surface area contributed by atoms with Gasteiger partial charge in [-0.1, -0.05) is 13.8 Å². The van der Waals surface area contributed by atoms with Crippen LogP contribution in [0.25, 0.3) is 0 Å². The molecule has 2 N–H and O–H groups in total. The van der Waals surface area contributed by atoms with E-state index in [2.05, 4.69) is 34.4 Å². The van der Waals surface area contributed by atoms with E-state index in [0.29, 0.717) is 23.7 Å². The molecule has 0 saturated heterocycles. The maximum Gasteiger partial charge on any atom is 0.224 e. The van der Waals surface area contributed by atoms with Crippen LogP contribution in [0.3, 0.4) is 0 Å². The van der Waals surface area contributed by atoms with Crippen molar-refractivity contribution in [1.82, 2.24) is 9.97 Å². The summed E-state index contributed by atoms with van der Waals surface area (Å²) >= 11 is 0. The molecule has 1 aromatic rings. The highest BCUT2D eigenvalue weighted by Crippen LogP contribution is 2.31. The minimum atomic E-state index is -0.389. The van der Waals surface area contributed by atoms with Crippen molar-refractivity contribution in [1.29, 1.82) is 0 Å². The van der Waals surface area contributed by atoms with Gasteiger partial charge in [-0.15, -0.1) is 0 Å². The van der Waals surface area contributed by atoms with E-state index in [4.69, 9.17) is 0 Å². The highest BCUT2D eigenvalue weighted by atomic mass is 19.1. The summed E-state index contributed by atoms with van der Waals surface area (Å²) in [5.74, 6) is 1.79. The first-order valence-corrected chi connectivity index (χ1v) is 6.57. The van der Waals surface area contributed by atoms with E-state index in [9.17, 15) is 4.39 Å². The van der Waals surface area contributed by atoms with Crippen molar-refractivity contribution in [2.45, 2.75) is 39.2 Å². The van der Waals surface area contributed by atoms with Gasteiger partial charge in [0.2, 0.25) is 5.95 Å². The van der Waals surface area contributed by atoms with E-state index in [1.807, 2.05) is 0 Å². The molecule has 0 bridgehead atoms. The van der Waals surface area contributed by atoms with E-state index in [0.717, 1.165) is 18.8 Å². The van der Waals surface area contributed by atoms with Crippen molar-refractivity contribution >= 4 is 11.8 Å². The third kappa shape index (κ3) is 2.89. The zero-order valence-electron chi connectivity index (χ0n) is 11.2. The molecule has 5 heteroatoms. The number of halogens is 1. The van der Waals surface area contributed by atoms with Crippen molar-refractivity contribution in [3.63, 3.8) is 0 Å². The summed E-state index contributed by atoms with van der Waals surface area (Å²) in [7, 11) is 1.72. The lowest BCUT2D eigenvalue weighted by Gasteiger charge is -2.32. The minimum Gasteiger partial charge on any atom is -0.365 e. The zero-order chi connectivity index (χ0) is 13.1. The molecule has 0 amide bonds. The minimum absolute atomic E-state index is 0.307. The standard InChI is InChI=1S/C13H21FN4/c1-8-4-5-10(6-9(8)2)17-12-11(14)7-16-13(15-3)18-12/h7-10H,4-6H2,1-3H3,(H2,15,16,17,18). The molecule has 0 spiro atoms. The summed E-state index contributed by atoms with van der Waals surface area (Å²) in [4.78, 5) is 7.96. The number of hydrogen-bond donors (Lipinski definition) is 2. The molecule has 100 valence electrons. The van der Waals surface area contributed by atoms with Crippen molar-refractivity contribution in [2.24, 2.45) is 11.8 Å². The van der Waals surface area contributed by atoms with Crippen LogP contribution < -0.4 is 10.6 Å². The predicted octanol–water partition coefficient (Wildman–Crippen LogP) is 2.89. The van der Waals surface area contributed by atoms with Crippen LogP contribution in [0.2, 0.25) is 0 Å². The van der Waals surface area contributed by atoms with E-state index in [1.165, 1.54) is 12.6 Å². The second kappa shape index (κ2) is 5.50. The summed E-state index contributed by atoms with van der Waals surface area (Å²) in [6.07, 6.45) is 4.53. The molecule has 1 saturated carbocycles. The Balaban J connectivity index is 2.05. The third-order valence-corrected chi connectivity index (χ3v) is 3.91. The SMILES string of the molecule is CNc1ncc(F)c(NC2CCC(C)C(C)C2)n1. The molecule has 1 aliphatic carbocycles. The van der Waals surface area contributed by atoms with Crippen LogP contribution in [-0.4, -0.2) is 23.1 Å². The first-order valence-electron chi connectivity index (χ1n) is 6.57. The highest BCUT2D eigenvalue weighted by molar-refractivity contribution is 5.41. The van der Waals surface area contributed by atoms with Crippen LogP contribution >= 0.6 is 0 Å². The van der Waals surface area contributed by atoms with Gasteiger partial charge >= 0.3 is 0 Å². The average molecular weight is 252 g/mol. The Bertz CT molecular complexity index is 410. The maximum atomic E-state index is 13.6. The number of rotatable bonds is 3. The summed E-state index contributed by atoms with van der Waals surface area (Å²) in [6.45, 7) is 4.54. The Morgan fingerprint density at radius 1 is 1.28 bits per heavy atom. The number of hydrogen-bond acceptors (Lipinski definition) is 4. The van der Waals surface area contributed by atoms with Gasteiger partial charge in [-0.3, -0.25) is 0 Å². The third-order valence-electron chi connectivity index (χ3n) is 3.91. The van der Waals surface area contributed by atoms with Gasteiger partial charge in [0.25, 0.3) is 0 Å². The van der Waals surface area contributed by atoms with Crippen LogP contribution in [-0.2, 0) is 0 Å². The second-order valence-electron chi connectivity index (χ2n) is 5.25. The summed E-state index contributed by atoms with van der Waals surface area (Å²) in [6, 6.07) is 0.310. The molecule has 3 atom stereocenters. The summed E-state index contributed by atoms with van der Waals surface area (Å²) in [5.41, 5.74) is 0. The zero-order valence-corrected chi connectivity index (χ0v) is 11.2. The quantitative estimate of drug-likeness (QED) is 0.868. The fourth-order valence-electron chi connectivity index (χ4n) is 2.46. The van der Waals surface area contributed by atoms with E-state index < -0.39 is 0 Å². The summed E-state index contributed by atoms with van der Waals surface area (Å²) < 4.78 is 13.6. The largest absolute Gasteiger partial charge is 0.365 e. The second-order valence-corrected chi connectivity index (χ2v) is 5.25. The molecule has 1 aliphatic rings. The molecule has 4 nitrogen and oxygen atoms in total. The van der Waals surface area contributed by atoms with Gasteiger partial charge in [0, 0.05) is 13.1 Å². The van der Waals surface area contributed by atoms with Crippen molar-refractivity contribution in [3.05, 3.63) is 12.0 Å². The molecule has 18 heavy (non-hydrogen) atoms. The van der Waals surface area contributed by atoms with Gasteiger partial charge in [-0.05, 0) is 31.1 Å². The van der Waals surface area contributed by atoms with Crippen molar-refractivity contribution in [3.8, 4) is 0 Å². The molecule has 1 aromatic heterocycles. The van der Waals surface area contributed by atoms with Crippen LogP contribution in [0, 0.1) is 17.7 Å². The molecule has 0 radical (unpaired) electrons. The van der Waals surface area contributed by atoms with E-state index in [-0.39, 0.29) is 5.82 Å². The Morgan fingerprint density at radius 3 is 2.72 bits per heavy atom. The number of anilines is 2. The average Bonchev–Trinajstić information content (AvgIpc) is 2.36. The normalized spacial score (nSPS) is 27.9. The number of aromatic nitrogens is 2. The predicted molar refractivity (Wildman–Crippen MR) is 71.1 cm³/mol. The van der Waals surface area contributed by atoms with Gasteiger partial charge < -0.3 is 10.6 Å². The molecular formula is C13H21FN4. The molecule has 1 fully saturated rings. The summed E-state index contributed by atoms with van der Waals surface area (Å²) in [5, 5.41) is 6.03. The molecule has 0 aromatic carbocycles. The lowest BCUT2D eigenvalue weighted by molar-refractivity contribution is 0.260. The van der Waals surface area contributed by atoms with Crippen molar-refractivity contribution < 1.29 is 4.39 Å². The van der Waals surface area contributed by atoms with Gasteiger partial charge in [0.05, 0.1) is 6.20 Å². The fraction of sp³-hybridized carbons (Fsp3) is 0.692. The van der Waals surface area contributed by atoms with Crippen LogP contribution in [0.5, 0.6) is 0 Å². The van der Waals surface area contributed by atoms with Gasteiger partial charge in [0.15, 0.2) is 11.6 Å². The maximum absolute atomic E-state index is 13.6. The first kappa shape index (κ1) is 13.1. The Morgan fingerprint density at radius 2 is 2.06 bits per heavy atom. The molecule has 3 unspecified atom stereocenters. The van der Waals surface area contributed by atoms with Gasteiger partial charge in [-0.2, -0.15) is 4.98 Å². The smallest absolute Gasteiger partial charge is 0.224 e. The molecule has 0 aliphatic heterocycles. The van der Waals surface area contributed by atoms with Crippen LogP contribution in [0.4, 0.5) is 16.2 Å². The fourth-order valence-corrected chi connectivity index (χ4v) is 2.46.